The van der Waals surface area contributed by atoms with E-state index in [2.05, 4.69) is 15.4 Å². The molecule has 0 aliphatic rings. The van der Waals surface area contributed by atoms with Crippen molar-refractivity contribution in [2.45, 2.75) is 20.0 Å². The van der Waals surface area contributed by atoms with Crippen LogP contribution >= 0.6 is 0 Å². The van der Waals surface area contributed by atoms with Crippen LogP contribution in [0.5, 0.6) is 0 Å². The average molecular weight is 248 g/mol. The second-order valence-electron chi connectivity index (χ2n) is 4.13. The Bertz CT molecular complexity index is 530. The predicted octanol–water partition coefficient (Wildman–Crippen LogP) is 1.01. The first-order valence-electron chi connectivity index (χ1n) is 5.76. The monoisotopic (exact) mass is 248 g/mol. The maximum atomic E-state index is 10.9. The molecule has 2 aromatic rings. The maximum Gasteiger partial charge on any atom is 0.337 e. The molecule has 96 valence electrons. The van der Waals surface area contributed by atoms with Crippen molar-refractivity contribution < 1.29 is 9.90 Å². The van der Waals surface area contributed by atoms with Gasteiger partial charge in [-0.2, -0.15) is 5.10 Å². The van der Waals surface area contributed by atoms with Gasteiger partial charge in [-0.25, -0.2) is 4.79 Å². The minimum atomic E-state index is -0.907. The summed E-state index contributed by atoms with van der Waals surface area (Å²) in [6, 6.07) is 1.57. The van der Waals surface area contributed by atoms with Crippen molar-refractivity contribution in [3.05, 3.63) is 41.5 Å². The molecule has 2 aromatic heterocycles. The number of aromatic nitrogens is 3. The van der Waals surface area contributed by atoms with Crippen LogP contribution in [-0.4, -0.2) is 32.4 Å². The average Bonchev–Trinajstić information content (AvgIpc) is 2.93. The highest BCUT2D eigenvalue weighted by atomic mass is 16.4. The highest BCUT2D eigenvalue weighted by Gasteiger charge is 2.09. The zero-order chi connectivity index (χ0) is 13.0. The van der Waals surface area contributed by atoms with E-state index in [4.69, 9.17) is 5.11 Å². The van der Waals surface area contributed by atoms with E-state index < -0.39 is 5.97 Å². The SMILES string of the molecule is Cc1cnn(CCNCc2[nH]ccc2C(=O)O)c1. The Kier molecular flexibility index (Phi) is 3.78. The summed E-state index contributed by atoms with van der Waals surface area (Å²) in [7, 11) is 0. The molecule has 0 aliphatic heterocycles. The third kappa shape index (κ3) is 2.98. The van der Waals surface area contributed by atoms with Gasteiger partial charge >= 0.3 is 5.97 Å². The number of carboxylic acid groups (broad SMARTS) is 1. The van der Waals surface area contributed by atoms with E-state index in [1.54, 1.807) is 12.3 Å². The topological polar surface area (TPSA) is 82.9 Å². The molecule has 0 amide bonds. The van der Waals surface area contributed by atoms with E-state index in [0.29, 0.717) is 17.8 Å². The summed E-state index contributed by atoms with van der Waals surface area (Å²) < 4.78 is 1.86. The summed E-state index contributed by atoms with van der Waals surface area (Å²) >= 11 is 0. The second-order valence-corrected chi connectivity index (χ2v) is 4.13. The lowest BCUT2D eigenvalue weighted by atomic mass is 10.2. The van der Waals surface area contributed by atoms with Crippen LogP contribution in [0, 0.1) is 6.92 Å². The summed E-state index contributed by atoms with van der Waals surface area (Å²) in [6.45, 7) is 4.00. The lowest BCUT2D eigenvalue weighted by molar-refractivity contribution is 0.0695. The van der Waals surface area contributed by atoms with Crippen LogP contribution in [0.4, 0.5) is 0 Å². The minimum Gasteiger partial charge on any atom is -0.478 e. The van der Waals surface area contributed by atoms with Gasteiger partial charge in [-0.1, -0.05) is 0 Å². The molecule has 0 unspecified atom stereocenters. The molecule has 0 radical (unpaired) electrons. The van der Waals surface area contributed by atoms with Crippen molar-refractivity contribution in [1.29, 1.82) is 0 Å². The summed E-state index contributed by atoms with van der Waals surface area (Å²) in [5, 5.41) is 16.3. The number of H-pyrrole nitrogens is 1. The predicted molar refractivity (Wildman–Crippen MR) is 66.4 cm³/mol. The number of nitrogens with zero attached hydrogens (tertiary/aromatic N) is 2. The number of carbonyl (C=O) groups is 1. The molecule has 0 bridgehead atoms. The molecular weight excluding hydrogens is 232 g/mol. The van der Waals surface area contributed by atoms with Gasteiger partial charge in [0, 0.05) is 31.2 Å². The smallest absolute Gasteiger partial charge is 0.337 e. The second kappa shape index (κ2) is 5.50. The number of rotatable bonds is 6. The quantitative estimate of drug-likeness (QED) is 0.666. The van der Waals surface area contributed by atoms with Crippen molar-refractivity contribution in [3.63, 3.8) is 0 Å². The largest absolute Gasteiger partial charge is 0.478 e. The Morgan fingerprint density at radius 2 is 2.44 bits per heavy atom. The number of hydrogen-bond acceptors (Lipinski definition) is 3. The Balaban J connectivity index is 1.78. The van der Waals surface area contributed by atoms with Gasteiger partial charge in [0.15, 0.2) is 0 Å². The summed E-state index contributed by atoms with van der Waals surface area (Å²) in [4.78, 5) is 13.8. The number of aromatic amines is 1. The molecule has 2 heterocycles. The highest BCUT2D eigenvalue weighted by Crippen LogP contribution is 2.05. The molecule has 2 rings (SSSR count). The molecule has 0 aliphatic carbocycles. The fraction of sp³-hybridized carbons (Fsp3) is 0.333. The molecular formula is C12H16N4O2. The van der Waals surface area contributed by atoms with E-state index in [9.17, 15) is 4.79 Å². The Morgan fingerprint density at radius 3 is 3.11 bits per heavy atom. The van der Waals surface area contributed by atoms with Crippen LogP contribution < -0.4 is 5.32 Å². The summed E-state index contributed by atoms with van der Waals surface area (Å²) in [5.41, 5.74) is 2.14. The minimum absolute atomic E-state index is 0.317. The Labute approximate surface area is 105 Å². The fourth-order valence-corrected chi connectivity index (χ4v) is 1.75. The third-order valence-electron chi connectivity index (χ3n) is 2.64. The van der Waals surface area contributed by atoms with E-state index >= 15 is 0 Å². The van der Waals surface area contributed by atoms with Gasteiger partial charge in [-0.3, -0.25) is 4.68 Å². The molecule has 0 aromatic carbocycles. The van der Waals surface area contributed by atoms with E-state index in [1.165, 1.54) is 0 Å². The zero-order valence-electron chi connectivity index (χ0n) is 10.2. The molecule has 18 heavy (non-hydrogen) atoms. The van der Waals surface area contributed by atoms with Gasteiger partial charge < -0.3 is 15.4 Å². The normalized spacial score (nSPS) is 10.7. The Hall–Kier alpha value is -2.08. The van der Waals surface area contributed by atoms with Crippen LogP contribution in [0.15, 0.2) is 24.7 Å². The number of aromatic carboxylic acids is 1. The van der Waals surface area contributed by atoms with Gasteiger partial charge in [0.1, 0.15) is 0 Å². The van der Waals surface area contributed by atoms with Crippen molar-refractivity contribution in [2.24, 2.45) is 0 Å². The number of carboxylic acids is 1. The highest BCUT2D eigenvalue weighted by molar-refractivity contribution is 5.88. The lowest BCUT2D eigenvalue weighted by Crippen LogP contribution is -2.21. The third-order valence-corrected chi connectivity index (χ3v) is 2.64. The molecule has 6 nitrogen and oxygen atoms in total. The number of aryl methyl sites for hydroxylation is 1. The van der Waals surface area contributed by atoms with Gasteiger partial charge in [0.05, 0.1) is 18.3 Å². The molecule has 0 spiro atoms. The molecule has 0 atom stereocenters. The first kappa shape index (κ1) is 12.4. The van der Waals surface area contributed by atoms with Crippen LogP contribution in [0.2, 0.25) is 0 Å². The first-order chi connectivity index (χ1) is 8.66. The fourth-order valence-electron chi connectivity index (χ4n) is 1.75. The van der Waals surface area contributed by atoms with Crippen molar-refractivity contribution >= 4 is 5.97 Å². The van der Waals surface area contributed by atoms with Gasteiger partial charge in [0.2, 0.25) is 0 Å². The van der Waals surface area contributed by atoms with Crippen molar-refractivity contribution in [1.82, 2.24) is 20.1 Å². The van der Waals surface area contributed by atoms with Gasteiger partial charge in [-0.05, 0) is 18.6 Å². The maximum absolute atomic E-state index is 10.9. The first-order valence-corrected chi connectivity index (χ1v) is 5.76. The summed E-state index contributed by atoms with van der Waals surface area (Å²) in [5.74, 6) is -0.907. The van der Waals surface area contributed by atoms with E-state index in [1.807, 2.05) is 24.0 Å². The molecule has 0 saturated carbocycles. The van der Waals surface area contributed by atoms with Crippen molar-refractivity contribution in [2.75, 3.05) is 6.54 Å². The van der Waals surface area contributed by atoms with Crippen LogP contribution in [0.3, 0.4) is 0 Å². The standard InChI is InChI=1S/C12H16N4O2/c1-9-6-15-16(8-9)5-4-13-7-11-10(12(17)18)2-3-14-11/h2-3,6,8,13-14H,4-5,7H2,1H3,(H,17,18). The molecule has 0 saturated heterocycles. The van der Waals surface area contributed by atoms with Crippen LogP contribution in [0.1, 0.15) is 21.6 Å². The molecule has 0 fully saturated rings. The zero-order valence-corrected chi connectivity index (χ0v) is 10.2. The van der Waals surface area contributed by atoms with Crippen LogP contribution in [-0.2, 0) is 13.1 Å². The molecule has 6 heteroatoms. The van der Waals surface area contributed by atoms with Crippen molar-refractivity contribution in [3.8, 4) is 0 Å². The molecule has 3 N–H and O–H groups in total. The van der Waals surface area contributed by atoms with Gasteiger partial charge in [-0.15, -0.1) is 0 Å². The van der Waals surface area contributed by atoms with Crippen LogP contribution in [0.25, 0.3) is 0 Å². The van der Waals surface area contributed by atoms with E-state index in [0.717, 1.165) is 18.7 Å². The van der Waals surface area contributed by atoms with Gasteiger partial charge in [0.25, 0.3) is 0 Å². The lowest BCUT2D eigenvalue weighted by Gasteiger charge is -2.05. The summed E-state index contributed by atoms with van der Waals surface area (Å²) in [6.07, 6.45) is 5.42. The number of nitrogens with one attached hydrogen (secondary N) is 2. The Morgan fingerprint density at radius 1 is 1.61 bits per heavy atom. The number of hydrogen-bond donors (Lipinski definition) is 3. The van der Waals surface area contributed by atoms with E-state index in [-0.39, 0.29) is 0 Å².